The number of fused-ring (bicyclic) bond motifs is 2. The molecule has 1 aliphatic rings. The van der Waals surface area contributed by atoms with Crippen molar-refractivity contribution in [3.63, 3.8) is 0 Å². The zero-order chi connectivity index (χ0) is 22.9. The fourth-order valence-corrected chi connectivity index (χ4v) is 4.83. The SMILES string of the molecule is O=C(CC1CCCCC1)Nc1cncc(-c2cc3c(-c4nc5ccccc5[nH]4)n[nH]c3cn2)c1. The van der Waals surface area contributed by atoms with Gasteiger partial charge in [-0.3, -0.25) is 19.9 Å². The van der Waals surface area contributed by atoms with Crippen molar-refractivity contribution < 1.29 is 4.79 Å². The molecule has 1 saturated carbocycles. The molecule has 8 heteroatoms. The van der Waals surface area contributed by atoms with Crippen LogP contribution in [-0.2, 0) is 4.79 Å². The van der Waals surface area contributed by atoms with Gasteiger partial charge < -0.3 is 10.3 Å². The van der Waals surface area contributed by atoms with Crippen LogP contribution in [0.25, 0.3) is 44.7 Å². The van der Waals surface area contributed by atoms with E-state index >= 15 is 0 Å². The van der Waals surface area contributed by atoms with Gasteiger partial charge in [0, 0.05) is 23.6 Å². The molecule has 1 fully saturated rings. The van der Waals surface area contributed by atoms with Crippen LogP contribution in [0.5, 0.6) is 0 Å². The van der Waals surface area contributed by atoms with E-state index in [1.807, 2.05) is 36.4 Å². The minimum atomic E-state index is 0.0521. The quantitative estimate of drug-likeness (QED) is 0.328. The molecular weight excluding hydrogens is 426 g/mol. The van der Waals surface area contributed by atoms with E-state index in [9.17, 15) is 4.79 Å². The number of pyridine rings is 2. The minimum absolute atomic E-state index is 0.0521. The van der Waals surface area contributed by atoms with Crippen molar-refractivity contribution in [2.24, 2.45) is 5.92 Å². The summed E-state index contributed by atoms with van der Waals surface area (Å²) in [4.78, 5) is 29.5. The molecule has 5 aromatic rings. The zero-order valence-electron chi connectivity index (χ0n) is 18.7. The van der Waals surface area contributed by atoms with Crippen molar-refractivity contribution in [1.82, 2.24) is 30.1 Å². The van der Waals surface area contributed by atoms with E-state index in [1.165, 1.54) is 19.3 Å². The third kappa shape index (κ3) is 4.03. The topological polar surface area (TPSA) is 112 Å². The zero-order valence-corrected chi connectivity index (χ0v) is 18.7. The van der Waals surface area contributed by atoms with Crippen LogP contribution in [0.2, 0.25) is 0 Å². The number of rotatable bonds is 5. The van der Waals surface area contributed by atoms with E-state index in [-0.39, 0.29) is 5.91 Å². The Kier molecular flexibility index (Phi) is 5.25. The van der Waals surface area contributed by atoms with Gasteiger partial charge in [0.15, 0.2) is 5.82 Å². The molecule has 0 bridgehead atoms. The average molecular weight is 452 g/mol. The molecule has 1 aliphatic carbocycles. The van der Waals surface area contributed by atoms with Crippen LogP contribution in [0.4, 0.5) is 5.69 Å². The number of aromatic amines is 2. The largest absolute Gasteiger partial charge is 0.337 e. The average Bonchev–Trinajstić information content (AvgIpc) is 3.48. The number of carbonyl (C=O) groups is 1. The molecule has 6 rings (SSSR count). The van der Waals surface area contributed by atoms with E-state index in [2.05, 4.69) is 35.5 Å². The van der Waals surface area contributed by atoms with Crippen LogP contribution >= 0.6 is 0 Å². The Labute approximate surface area is 196 Å². The lowest BCUT2D eigenvalue weighted by Crippen LogP contribution is -2.18. The Balaban J connectivity index is 1.27. The molecule has 0 radical (unpaired) electrons. The second-order valence-electron chi connectivity index (χ2n) is 9.01. The lowest BCUT2D eigenvalue weighted by atomic mass is 9.87. The first-order chi connectivity index (χ1) is 16.7. The van der Waals surface area contributed by atoms with E-state index in [0.717, 1.165) is 51.7 Å². The maximum Gasteiger partial charge on any atom is 0.224 e. The standard InChI is InChI=1S/C26H25N7O/c34-24(10-16-6-2-1-3-7-16)29-18-11-17(13-27-14-18)22-12-19-23(15-28-22)32-33-25(19)26-30-20-8-4-5-9-21(20)31-26/h4-5,8-9,11-16H,1-3,6-7,10H2,(H,29,34)(H,30,31)(H,32,33). The number of benzene rings is 1. The number of carbonyl (C=O) groups excluding carboxylic acids is 1. The highest BCUT2D eigenvalue weighted by Gasteiger charge is 2.18. The maximum absolute atomic E-state index is 12.6. The minimum Gasteiger partial charge on any atom is -0.337 e. The van der Waals surface area contributed by atoms with Gasteiger partial charge in [-0.05, 0) is 43.0 Å². The fourth-order valence-electron chi connectivity index (χ4n) is 4.83. The molecule has 0 unspecified atom stereocenters. The van der Waals surface area contributed by atoms with Gasteiger partial charge in [0.2, 0.25) is 5.91 Å². The fraction of sp³-hybridized carbons (Fsp3) is 0.269. The van der Waals surface area contributed by atoms with Crippen molar-refractivity contribution in [2.45, 2.75) is 38.5 Å². The van der Waals surface area contributed by atoms with Crippen LogP contribution in [0.1, 0.15) is 38.5 Å². The number of nitrogens with one attached hydrogen (secondary N) is 3. The highest BCUT2D eigenvalue weighted by Crippen LogP contribution is 2.30. The highest BCUT2D eigenvalue weighted by molar-refractivity contribution is 5.95. The maximum atomic E-state index is 12.6. The number of nitrogens with zero attached hydrogens (tertiary/aromatic N) is 4. The third-order valence-corrected chi connectivity index (χ3v) is 6.58. The van der Waals surface area contributed by atoms with Crippen molar-refractivity contribution in [3.8, 4) is 22.8 Å². The van der Waals surface area contributed by atoms with Gasteiger partial charge in [-0.1, -0.05) is 31.4 Å². The summed E-state index contributed by atoms with van der Waals surface area (Å²) in [5.41, 5.74) is 5.68. The summed E-state index contributed by atoms with van der Waals surface area (Å²) in [5.74, 6) is 1.24. The Morgan fingerprint density at radius 1 is 1.03 bits per heavy atom. The molecule has 8 nitrogen and oxygen atoms in total. The van der Waals surface area contributed by atoms with Crippen molar-refractivity contribution in [2.75, 3.05) is 5.32 Å². The molecule has 0 spiro atoms. The number of amides is 1. The van der Waals surface area contributed by atoms with Crippen LogP contribution in [0, 0.1) is 5.92 Å². The Morgan fingerprint density at radius 3 is 2.79 bits per heavy atom. The van der Waals surface area contributed by atoms with Crippen LogP contribution in [0.3, 0.4) is 0 Å². The summed E-state index contributed by atoms with van der Waals surface area (Å²) in [6.07, 6.45) is 11.8. The first-order valence-corrected chi connectivity index (χ1v) is 11.8. The lowest BCUT2D eigenvalue weighted by Gasteiger charge is -2.20. The third-order valence-electron chi connectivity index (χ3n) is 6.58. The molecule has 4 aromatic heterocycles. The molecule has 0 saturated heterocycles. The normalized spacial score (nSPS) is 14.6. The smallest absolute Gasteiger partial charge is 0.224 e. The van der Waals surface area contributed by atoms with Crippen molar-refractivity contribution in [3.05, 3.63) is 55.0 Å². The van der Waals surface area contributed by atoms with Gasteiger partial charge in [0.25, 0.3) is 0 Å². The number of hydrogen-bond acceptors (Lipinski definition) is 5. The molecule has 170 valence electrons. The summed E-state index contributed by atoms with van der Waals surface area (Å²) in [7, 11) is 0. The Bertz CT molecular complexity index is 1450. The second-order valence-corrected chi connectivity index (χ2v) is 9.01. The molecule has 3 N–H and O–H groups in total. The number of hydrogen-bond donors (Lipinski definition) is 3. The van der Waals surface area contributed by atoms with E-state index in [0.29, 0.717) is 23.9 Å². The monoisotopic (exact) mass is 451 g/mol. The van der Waals surface area contributed by atoms with E-state index in [4.69, 9.17) is 0 Å². The van der Waals surface area contributed by atoms with Gasteiger partial charge in [0.05, 0.1) is 40.3 Å². The van der Waals surface area contributed by atoms with Gasteiger partial charge >= 0.3 is 0 Å². The summed E-state index contributed by atoms with van der Waals surface area (Å²) in [6.45, 7) is 0. The highest BCUT2D eigenvalue weighted by atomic mass is 16.1. The van der Waals surface area contributed by atoms with Gasteiger partial charge in [0.1, 0.15) is 5.69 Å². The molecule has 0 aliphatic heterocycles. The first kappa shape index (κ1) is 20.5. The number of imidazole rings is 1. The van der Waals surface area contributed by atoms with E-state index < -0.39 is 0 Å². The number of H-pyrrole nitrogens is 2. The van der Waals surface area contributed by atoms with E-state index in [1.54, 1.807) is 18.6 Å². The Morgan fingerprint density at radius 2 is 1.91 bits per heavy atom. The number of aromatic nitrogens is 6. The van der Waals surface area contributed by atoms with Gasteiger partial charge in [-0.25, -0.2) is 4.98 Å². The molecule has 4 heterocycles. The first-order valence-electron chi connectivity index (χ1n) is 11.8. The predicted molar refractivity (Wildman–Crippen MR) is 132 cm³/mol. The summed E-state index contributed by atoms with van der Waals surface area (Å²) in [6, 6.07) is 11.8. The molecular formula is C26H25N7O. The molecule has 0 atom stereocenters. The lowest BCUT2D eigenvalue weighted by molar-refractivity contribution is -0.117. The van der Waals surface area contributed by atoms with Crippen molar-refractivity contribution in [1.29, 1.82) is 0 Å². The second kappa shape index (κ2) is 8.70. The van der Waals surface area contributed by atoms with Gasteiger partial charge in [-0.15, -0.1) is 0 Å². The molecule has 1 aromatic carbocycles. The summed E-state index contributed by atoms with van der Waals surface area (Å²) >= 11 is 0. The summed E-state index contributed by atoms with van der Waals surface area (Å²) < 4.78 is 0. The van der Waals surface area contributed by atoms with Crippen LogP contribution in [0.15, 0.2) is 55.0 Å². The molecule has 34 heavy (non-hydrogen) atoms. The number of anilines is 1. The van der Waals surface area contributed by atoms with Crippen LogP contribution < -0.4 is 5.32 Å². The predicted octanol–water partition coefficient (Wildman–Crippen LogP) is 5.47. The van der Waals surface area contributed by atoms with Gasteiger partial charge in [-0.2, -0.15) is 5.10 Å². The van der Waals surface area contributed by atoms with Crippen LogP contribution in [-0.4, -0.2) is 36.0 Å². The Hall–Kier alpha value is -4.07. The molecule has 1 amide bonds. The number of para-hydroxylation sites is 2. The van der Waals surface area contributed by atoms with Crippen molar-refractivity contribution >= 4 is 33.5 Å². The summed E-state index contributed by atoms with van der Waals surface area (Å²) in [5, 5.41) is 11.5.